The Bertz CT molecular complexity index is 327. The molecule has 0 aliphatic carbocycles. The van der Waals surface area contributed by atoms with Crippen LogP contribution in [0, 0.1) is 0 Å². The molecule has 1 aromatic heterocycles. The molecule has 3 nitrogen and oxygen atoms in total. The lowest BCUT2D eigenvalue weighted by atomic mass is 10.2. The maximum atomic E-state index is 11.8. The van der Waals surface area contributed by atoms with Gasteiger partial charge < -0.3 is 9.73 Å². The average Bonchev–Trinajstić information content (AvgIpc) is 2.68. The molecule has 0 radical (unpaired) electrons. The van der Waals surface area contributed by atoms with Crippen LogP contribution in [0.2, 0.25) is 0 Å². The molecule has 1 rings (SSSR count). The van der Waals surface area contributed by atoms with E-state index in [1.165, 1.54) is 0 Å². The van der Waals surface area contributed by atoms with Gasteiger partial charge >= 0.3 is 0 Å². The third-order valence-corrected chi connectivity index (χ3v) is 4.41. The first-order valence-electron chi connectivity index (χ1n) is 5.55. The molecule has 0 aromatic carbocycles. The summed E-state index contributed by atoms with van der Waals surface area (Å²) in [5.41, 5.74) is 1.13. The molecule has 2 atom stereocenters. The lowest BCUT2D eigenvalue weighted by Gasteiger charge is -2.19. The molecule has 92 valence electrons. The molecule has 16 heavy (non-hydrogen) atoms. The highest BCUT2D eigenvalue weighted by Crippen LogP contribution is 2.13. The minimum Gasteiger partial charge on any atom is -0.472 e. The standard InChI is InChI=1S/C12H21NO2S/c1-10(11-5-7-15-9-11)13-6-8-16(14)12(2,3)4/h5,7,9-10,13H,6,8H2,1-4H3. The molecule has 0 bridgehead atoms. The lowest BCUT2D eigenvalue weighted by molar-refractivity contribution is 0.545. The Morgan fingerprint density at radius 2 is 2.19 bits per heavy atom. The number of furan rings is 1. The number of hydrogen-bond donors (Lipinski definition) is 1. The van der Waals surface area contributed by atoms with Crippen LogP contribution in [0.15, 0.2) is 23.0 Å². The second-order valence-corrected chi connectivity index (χ2v) is 7.22. The quantitative estimate of drug-likeness (QED) is 0.864. The summed E-state index contributed by atoms with van der Waals surface area (Å²) in [5.74, 6) is 0.686. The van der Waals surface area contributed by atoms with Gasteiger partial charge in [-0.15, -0.1) is 0 Å². The highest BCUT2D eigenvalue weighted by Gasteiger charge is 2.18. The molecular formula is C12H21NO2S. The summed E-state index contributed by atoms with van der Waals surface area (Å²) >= 11 is 0. The molecule has 0 aliphatic rings. The van der Waals surface area contributed by atoms with Crippen molar-refractivity contribution in [2.75, 3.05) is 12.3 Å². The summed E-state index contributed by atoms with van der Waals surface area (Å²) in [4.78, 5) is 0. The molecule has 4 heteroatoms. The summed E-state index contributed by atoms with van der Waals surface area (Å²) in [6, 6.07) is 2.19. The van der Waals surface area contributed by atoms with Crippen LogP contribution >= 0.6 is 0 Å². The Hall–Kier alpha value is -0.610. The predicted octanol–water partition coefficient (Wildman–Crippen LogP) is 2.48. The summed E-state index contributed by atoms with van der Waals surface area (Å²) in [5, 5.41) is 3.33. The Kier molecular flexibility index (Phi) is 4.74. The zero-order valence-electron chi connectivity index (χ0n) is 10.4. The van der Waals surface area contributed by atoms with Crippen molar-refractivity contribution in [3.63, 3.8) is 0 Å². The molecule has 0 saturated carbocycles. The maximum Gasteiger partial charge on any atom is 0.0950 e. The van der Waals surface area contributed by atoms with Gasteiger partial charge in [-0.3, -0.25) is 4.21 Å². The molecule has 0 amide bonds. The fourth-order valence-electron chi connectivity index (χ4n) is 1.31. The van der Waals surface area contributed by atoms with Crippen molar-refractivity contribution in [1.29, 1.82) is 0 Å². The Morgan fingerprint density at radius 1 is 1.50 bits per heavy atom. The zero-order valence-corrected chi connectivity index (χ0v) is 11.3. The second kappa shape index (κ2) is 5.64. The predicted molar refractivity (Wildman–Crippen MR) is 67.9 cm³/mol. The van der Waals surface area contributed by atoms with Crippen LogP contribution in [0.5, 0.6) is 0 Å². The van der Waals surface area contributed by atoms with Gasteiger partial charge in [0.2, 0.25) is 0 Å². The van der Waals surface area contributed by atoms with Crippen molar-refractivity contribution in [3.05, 3.63) is 24.2 Å². The average molecular weight is 243 g/mol. The van der Waals surface area contributed by atoms with E-state index in [1.807, 2.05) is 26.8 Å². The van der Waals surface area contributed by atoms with Crippen LogP contribution in [0.4, 0.5) is 0 Å². The molecule has 0 saturated heterocycles. The van der Waals surface area contributed by atoms with E-state index in [4.69, 9.17) is 4.42 Å². The Labute approximate surface area is 100 Å². The number of nitrogens with one attached hydrogen (secondary N) is 1. The Balaban J connectivity index is 2.29. The third kappa shape index (κ3) is 4.10. The van der Waals surface area contributed by atoms with Gasteiger partial charge in [-0.2, -0.15) is 0 Å². The molecule has 0 spiro atoms. The van der Waals surface area contributed by atoms with Crippen LogP contribution < -0.4 is 5.32 Å². The minimum absolute atomic E-state index is 0.124. The highest BCUT2D eigenvalue weighted by molar-refractivity contribution is 7.86. The summed E-state index contributed by atoms with van der Waals surface area (Å²) < 4.78 is 16.7. The van der Waals surface area contributed by atoms with Crippen molar-refractivity contribution >= 4 is 10.8 Å². The first kappa shape index (κ1) is 13.5. The van der Waals surface area contributed by atoms with E-state index in [2.05, 4.69) is 12.2 Å². The SMILES string of the molecule is CC(NCCS(=O)C(C)(C)C)c1ccoc1. The molecule has 0 aliphatic heterocycles. The monoisotopic (exact) mass is 243 g/mol. The normalized spacial score (nSPS) is 16.0. The third-order valence-electron chi connectivity index (χ3n) is 2.46. The van der Waals surface area contributed by atoms with Crippen molar-refractivity contribution in [2.45, 2.75) is 38.5 Å². The van der Waals surface area contributed by atoms with Gasteiger partial charge in [-0.1, -0.05) is 0 Å². The van der Waals surface area contributed by atoms with Crippen LogP contribution in [-0.4, -0.2) is 21.3 Å². The van der Waals surface area contributed by atoms with Gasteiger partial charge in [-0.05, 0) is 33.8 Å². The topological polar surface area (TPSA) is 42.2 Å². The smallest absolute Gasteiger partial charge is 0.0950 e. The van der Waals surface area contributed by atoms with Gasteiger partial charge in [0.15, 0.2) is 0 Å². The highest BCUT2D eigenvalue weighted by atomic mass is 32.2. The molecule has 1 N–H and O–H groups in total. The van der Waals surface area contributed by atoms with E-state index >= 15 is 0 Å². The summed E-state index contributed by atoms with van der Waals surface area (Å²) in [7, 11) is -0.786. The molecule has 0 fully saturated rings. The zero-order chi connectivity index (χ0) is 12.2. The van der Waals surface area contributed by atoms with Crippen LogP contribution in [0.25, 0.3) is 0 Å². The van der Waals surface area contributed by atoms with Crippen molar-refractivity contribution in [3.8, 4) is 0 Å². The van der Waals surface area contributed by atoms with Gasteiger partial charge in [0, 0.05) is 39.4 Å². The van der Waals surface area contributed by atoms with E-state index in [0.29, 0.717) is 5.75 Å². The first-order valence-corrected chi connectivity index (χ1v) is 6.87. The van der Waals surface area contributed by atoms with E-state index in [-0.39, 0.29) is 10.8 Å². The van der Waals surface area contributed by atoms with Gasteiger partial charge in [-0.25, -0.2) is 0 Å². The summed E-state index contributed by atoms with van der Waals surface area (Å²) in [6.07, 6.45) is 3.40. The van der Waals surface area contributed by atoms with Crippen molar-refractivity contribution < 1.29 is 8.63 Å². The van der Waals surface area contributed by atoms with Gasteiger partial charge in [0.1, 0.15) is 0 Å². The van der Waals surface area contributed by atoms with Crippen LogP contribution in [0.1, 0.15) is 39.3 Å². The van der Waals surface area contributed by atoms with E-state index in [9.17, 15) is 4.21 Å². The van der Waals surface area contributed by atoms with E-state index in [0.717, 1.165) is 12.1 Å². The molecule has 2 unspecified atom stereocenters. The first-order chi connectivity index (χ1) is 7.41. The van der Waals surface area contributed by atoms with Gasteiger partial charge in [0.25, 0.3) is 0 Å². The van der Waals surface area contributed by atoms with Crippen LogP contribution in [0.3, 0.4) is 0 Å². The lowest BCUT2D eigenvalue weighted by Crippen LogP contribution is -2.30. The maximum absolute atomic E-state index is 11.8. The minimum atomic E-state index is -0.786. The fraction of sp³-hybridized carbons (Fsp3) is 0.667. The largest absolute Gasteiger partial charge is 0.472 e. The van der Waals surface area contributed by atoms with Gasteiger partial charge in [0.05, 0.1) is 12.5 Å². The van der Waals surface area contributed by atoms with Crippen molar-refractivity contribution in [1.82, 2.24) is 5.32 Å². The number of hydrogen-bond acceptors (Lipinski definition) is 3. The Morgan fingerprint density at radius 3 is 2.69 bits per heavy atom. The summed E-state index contributed by atoms with van der Waals surface area (Å²) in [6.45, 7) is 8.84. The van der Waals surface area contributed by atoms with Crippen molar-refractivity contribution in [2.24, 2.45) is 0 Å². The molecule has 1 aromatic rings. The number of rotatable bonds is 5. The second-order valence-electron chi connectivity index (χ2n) is 4.89. The molecular weight excluding hydrogens is 222 g/mol. The van der Waals surface area contributed by atoms with E-state index < -0.39 is 10.8 Å². The van der Waals surface area contributed by atoms with Crippen LogP contribution in [-0.2, 0) is 10.8 Å². The fourth-order valence-corrected chi connectivity index (χ4v) is 2.23. The molecule has 1 heterocycles. The van der Waals surface area contributed by atoms with E-state index in [1.54, 1.807) is 12.5 Å².